The number of halogens is 1. The molecule has 0 aliphatic rings. The maximum absolute atomic E-state index is 12.0. The standard InChI is InChI=1S/C13H20BrNOS/c1-3-5-6-10(4-2)13(16)15-9-12-11(14)7-8-17-12/h7-8,10H,3-6,9H2,1-2H3,(H,15,16). The minimum absolute atomic E-state index is 0.175. The Morgan fingerprint density at radius 1 is 1.53 bits per heavy atom. The summed E-state index contributed by atoms with van der Waals surface area (Å²) in [6.07, 6.45) is 4.22. The van der Waals surface area contributed by atoms with Gasteiger partial charge in [0, 0.05) is 15.3 Å². The molecule has 1 amide bonds. The third-order valence-electron chi connectivity index (χ3n) is 2.88. The lowest BCUT2D eigenvalue weighted by atomic mass is 9.98. The zero-order valence-corrected chi connectivity index (χ0v) is 12.9. The van der Waals surface area contributed by atoms with Gasteiger partial charge in [-0.05, 0) is 40.2 Å². The van der Waals surface area contributed by atoms with Gasteiger partial charge in [0.1, 0.15) is 0 Å². The van der Waals surface area contributed by atoms with E-state index in [1.54, 1.807) is 11.3 Å². The fourth-order valence-corrected chi connectivity index (χ4v) is 3.17. The molecule has 0 saturated carbocycles. The molecule has 0 aliphatic carbocycles. The van der Waals surface area contributed by atoms with Gasteiger partial charge >= 0.3 is 0 Å². The number of thiophene rings is 1. The number of amides is 1. The Morgan fingerprint density at radius 2 is 2.29 bits per heavy atom. The predicted octanol–water partition coefficient (Wildman–Crippen LogP) is 4.34. The average Bonchev–Trinajstić information content (AvgIpc) is 2.73. The van der Waals surface area contributed by atoms with Crippen molar-refractivity contribution in [2.75, 3.05) is 0 Å². The van der Waals surface area contributed by atoms with E-state index in [4.69, 9.17) is 0 Å². The molecule has 1 aromatic heterocycles. The van der Waals surface area contributed by atoms with Crippen molar-refractivity contribution in [1.82, 2.24) is 5.32 Å². The van der Waals surface area contributed by atoms with Crippen molar-refractivity contribution in [2.45, 2.75) is 46.1 Å². The monoisotopic (exact) mass is 317 g/mol. The number of rotatable bonds is 7. The molecule has 0 aliphatic heterocycles. The molecule has 1 aromatic rings. The second-order valence-corrected chi connectivity index (χ2v) is 6.01. The number of carbonyl (C=O) groups is 1. The van der Waals surface area contributed by atoms with Crippen molar-refractivity contribution in [3.8, 4) is 0 Å². The molecule has 1 atom stereocenters. The molecule has 2 nitrogen and oxygen atoms in total. The summed E-state index contributed by atoms with van der Waals surface area (Å²) in [5.41, 5.74) is 0. The second-order valence-electron chi connectivity index (χ2n) is 4.16. The maximum Gasteiger partial charge on any atom is 0.223 e. The number of hydrogen-bond donors (Lipinski definition) is 1. The minimum atomic E-state index is 0.175. The summed E-state index contributed by atoms with van der Waals surface area (Å²) < 4.78 is 1.09. The highest BCUT2D eigenvalue weighted by Gasteiger charge is 2.15. The number of unbranched alkanes of at least 4 members (excludes halogenated alkanes) is 1. The molecule has 0 saturated heterocycles. The van der Waals surface area contributed by atoms with Crippen molar-refractivity contribution >= 4 is 33.2 Å². The van der Waals surface area contributed by atoms with Gasteiger partial charge in [-0.3, -0.25) is 4.79 Å². The van der Waals surface area contributed by atoms with Crippen molar-refractivity contribution in [3.63, 3.8) is 0 Å². The third-order valence-corrected chi connectivity index (χ3v) is 4.81. The predicted molar refractivity (Wildman–Crippen MR) is 77.2 cm³/mol. The summed E-state index contributed by atoms with van der Waals surface area (Å²) in [4.78, 5) is 13.1. The number of carbonyl (C=O) groups excluding carboxylic acids is 1. The molecule has 0 radical (unpaired) electrons. The first-order chi connectivity index (χ1) is 8.19. The van der Waals surface area contributed by atoms with Crippen LogP contribution in [-0.2, 0) is 11.3 Å². The van der Waals surface area contributed by atoms with Gasteiger partial charge in [0.05, 0.1) is 6.54 Å². The summed E-state index contributed by atoms with van der Waals surface area (Å²) in [6.45, 7) is 4.88. The largest absolute Gasteiger partial charge is 0.351 e. The van der Waals surface area contributed by atoms with E-state index in [0.29, 0.717) is 6.54 Å². The Labute approximate surface area is 116 Å². The highest BCUT2D eigenvalue weighted by Crippen LogP contribution is 2.22. The van der Waals surface area contributed by atoms with Crippen LogP contribution in [0.2, 0.25) is 0 Å². The molecule has 1 heterocycles. The number of nitrogens with one attached hydrogen (secondary N) is 1. The first-order valence-electron chi connectivity index (χ1n) is 6.18. The molecule has 1 unspecified atom stereocenters. The molecule has 4 heteroatoms. The van der Waals surface area contributed by atoms with Crippen LogP contribution in [0.15, 0.2) is 15.9 Å². The molecule has 0 fully saturated rings. The molecule has 0 aromatic carbocycles. The van der Waals surface area contributed by atoms with Crippen molar-refractivity contribution < 1.29 is 4.79 Å². The Bertz CT molecular complexity index is 351. The van der Waals surface area contributed by atoms with E-state index in [-0.39, 0.29) is 11.8 Å². The fraction of sp³-hybridized carbons (Fsp3) is 0.615. The van der Waals surface area contributed by atoms with Crippen LogP contribution in [0.3, 0.4) is 0 Å². The van der Waals surface area contributed by atoms with Crippen molar-refractivity contribution in [2.24, 2.45) is 5.92 Å². The van der Waals surface area contributed by atoms with E-state index in [1.807, 2.05) is 11.4 Å². The van der Waals surface area contributed by atoms with Crippen LogP contribution in [0.25, 0.3) is 0 Å². The van der Waals surface area contributed by atoms with Crippen LogP contribution < -0.4 is 5.32 Å². The Balaban J connectivity index is 2.39. The lowest BCUT2D eigenvalue weighted by Crippen LogP contribution is -2.29. The SMILES string of the molecule is CCCCC(CC)C(=O)NCc1sccc1Br. The molecule has 0 bridgehead atoms. The van der Waals surface area contributed by atoms with Crippen LogP contribution in [0, 0.1) is 5.92 Å². The Kier molecular flexibility index (Phi) is 6.82. The van der Waals surface area contributed by atoms with Gasteiger partial charge in [0.15, 0.2) is 0 Å². The molecule has 0 spiro atoms. The van der Waals surface area contributed by atoms with E-state index in [2.05, 4.69) is 35.1 Å². The van der Waals surface area contributed by atoms with Gasteiger partial charge in [-0.2, -0.15) is 0 Å². The van der Waals surface area contributed by atoms with E-state index in [0.717, 1.165) is 30.2 Å². The smallest absolute Gasteiger partial charge is 0.223 e. The van der Waals surface area contributed by atoms with E-state index in [9.17, 15) is 4.79 Å². The summed E-state index contributed by atoms with van der Waals surface area (Å²) in [5, 5.41) is 5.06. The van der Waals surface area contributed by atoms with E-state index in [1.165, 1.54) is 4.88 Å². The van der Waals surface area contributed by atoms with Crippen LogP contribution >= 0.6 is 27.3 Å². The molecule has 96 valence electrons. The Hall–Kier alpha value is -0.350. The van der Waals surface area contributed by atoms with Gasteiger partial charge in [0.2, 0.25) is 5.91 Å². The van der Waals surface area contributed by atoms with Crippen LogP contribution in [0.5, 0.6) is 0 Å². The highest BCUT2D eigenvalue weighted by molar-refractivity contribution is 9.10. The second kappa shape index (κ2) is 7.88. The van der Waals surface area contributed by atoms with Gasteiger partial charge in [-0.25, -0.2) is 0 Å². The summed E-state index contributed by atoms with van der Waals surface area (Å²) >= 11 is 5.14. The quantitative estimate of drug-likeness (QED) is 0.796. The lowest BCUT2D eigenvalue weighted by molar-refractivity contribution is -0.125. The Morgan fingerprint density at radius 3 is 2.82 bits per heavy atom. The molecule has 1 rings (SSSR count). The minimum Gasteiger partial charge on any atom is -0.351 e. The summed E-state index contributed by atoms with van der Waals surface area (Å²) in [6, 6.07) is 2.01. The van der Waals surface area contributed by atoms with Gasteiger partial charge in [0.25, 0.3) is 0 Å². The first kappa shape index (κ1) is 14.7. The van der Waals surface area contributed by atoms with Crippen molar-refractivity contribution in [1.29, 1.82) is 0 Å². The maximum atomic E-state index is 12.0. The highest BCUT2D eigenvalue weighted by atomic mass is 79.9. The molecule has 1 N–H and O–H groups in total. The zero-order valence-electron chi connectivity index (χ0n) is 10.5. The van der Waals surface area contributed by atoms with Crippen molar-refractivity contribution in [3.05, 3.63) is 20.8 Å². The fourth-order valence-electron chi connectivity index (χ4n) is 1.73. The summed E-state index contributed by atoms with van der Waals surface area (Å²) in [5.74, 6) is 0.370. The first-order valence-corrected chi connectivity index (χ1v) is 7.85. The van der Waals surface area contributed by atoms with Crippen LogP contribution in [0.1, 0.15) is 44.4 Å². The van der Waals surface area contributed by atoms with Gasteiger partial charge in [-0.1, -0.05) is 26.7 Å². The average molecular weight is 318 g/mol. The normalized spacial score (nSPS) is 12.4. The zero-order chi connectivity index (χ0) is 12.7. The topological polar surface area (TPSA) is 29.1 Å². The third kappa shape index (κ3) is 4.80. The molecular weight excluding hydrogens is 298 g/mol. The molecule has 17 heavy (non-hydrogen) atoms. The lowest BCUT2D eigenvalue weighted by Gasteiger charge is -2.14. The van der Waals surface area contributed by atoms with E-state index < -0.39 is 0 Å². The number of hydrogen-bond acceptors (Lipinski definition) is 2. The summed E-state index contributed by atoms with van der Waals surface area (Å²) in [7, 11) is 0. The van der Waals surface area contributed by atoms with Crippen LogP contribution in [-0.4, -0.2) is 5.91 Å². The molecular formula is C13H20BrNOS. The van der Waals surface area contributed by atoms with E-state index >= 15 is 0 Å². The van der Waals surface area contributed by atoms with Gasteiger partial charge < -0.3 is 5.32 Å². The van der Waals surface area contributed by atoms with Gasteiger partial charge in [-0.15, -0.1) is 11.3 Å². The van der Waals surface area contributed by atoms with Crippen LogP contribution in [0.4, 0.5) is 0 Å².